The second kappa shape index (κ2) is 4.88. The second-order valence-corrected chi connectivity index (χ2v) is 2.38. The van der Waals surface area contributed by atoms with E-state index in [2.05, 4.69) is 24.0 Å². The van der Waals surface area contributed by atoms with Crippen molar-refractivity contribution in [1.82, 2.24) is 14.8 Å². The van der Waals surface area contributed by atoms with Crippen LogP contribution in [0.15, 0.2) is 6.33 Å². The summed E-state index contributed by atoms with van der Waals surface area (Å²) in [6, 6.07) is 0.472. The molecule has 1 heterocycles. The van der Waals surface area contributed by atoms with Crippen LogP contribution < -0.4 is 0 Å². The van der Waals surface area contributed by atoms with Crippen LogP contribution in [0.4, 0.5) is 0 Å². The minimum absolute atomic E-state index is 0.472. The molecule has 0 aliphatic heterocycles. The second-order valence-electron chi connectivity index (χ2n) is 2.38. The maximum atomic E-state index is 3.85. The molecule has 1 aromatic rings. The van der Waals surface area contributed by atoms with Crippen LogP contribution in [0.1, 0.15) is 39.6 Å². The van der Waals surface area contributed by atoms with E-state index in [1.807, 2.05) is 25.3 Å². The fourth-order valence-corrected chi connectivity index (χ4v) is 0.807. The summed E-state index contributed by atoms with van der Waals surface area (Å²) >= 11 is 0. The first-order valence-electron chi connectivity index (χ1n) is 4.08. The highest BCUT2D eigenvalue weighted by atomic mass is 15.3. The first kappa shape index (κ1) is 10.1. The first-order valence-corrected chi connectivity index (χ1v) is 4.08. The Bertz CT molecular complexity index is 191. The quantitative estimate of drug-likeness (QED) is 0.622. The maximum absolute atomic E-state index is 3.85. The number of hydrogen-bond acceptors (Lipinski definition) is 2. The third-order valence-corrected chi connectivity index (χ3v) is 1.31. The van der Waals surface area contributed by atoms with Gasteiger partial charge in [-0.05, 0) is 20.8 Å². The Morgan fingerprint density at radius 2 is 1.91 bits per heavy atom. The lowest BCUT2D eigenvalue weighted by Gasteiger charge is -2.05. The van der Waals surface area contributed by atoms with Crippen LogP contribution in [0.25, 0.3) is 0 Å². The molecule has 0 amide bonds. The van der Waals surface area contributed by atoms with Crippen molar-refractivity contribution in [3.05, 3.63) is 12.2 Å². The Kier molecular flexibility index (Phi) is 4.50. The van der Waals surface area contributed by atoms with Gasteiger partial charge in [0.2, 0.25) is 0 Å². The van der Waals surface area contributed by atoms with Crippen molar-refractivity contribution in [2.45, 2.75) is 40.7 Å². The molecule has 0 fully saturated rings. The van der Waals surface area contributed by atoms with Crippen molar-refractivity contribution in [2.24, 2.45) is 0 Å². The molecule has 0 saturated carbocycles. The molecule has 1 aromatic heterocycles. The molecule has 0 N–H and O–H groups in total. The van der Waals surface area contributed by atoms with E-state index in [4.69, 9.17) is 0 Å². The summed E-state index contributed by atoms with van der Waals surface area (Å²) in [6.45, 7) is 10.2. The van der Waals surface area contributed by atoms with Gasteiger partial charge in [-0.2, -0.15) is 0 Å². The van der Waals surface area contributed by atoms with Crippen LogP contribution in [0, 0.1) is 6.92 Å². The van der Waals surface area contributed by atoms with Crippen LogP contribution in [0.3, 0.4) is 0 Å². The lowest BCUT2D eigenvalue weighted by molar-refractivity contribution is 0.581. The molecule has 0 aliphatic rings. The predicted octanol–water partition coefficient (Wildman–Crippen LogP) is 2.19. The van der Waals surface area contributed by atoms with E-state index in [1.54, 1.807) is 6.33 Å². The van der Waals surface area contributed by atoms with Crippen LogP contribution >= 0.6 is 0 Å². The van der Waals surface area contributed by atoms with Gasteiger partial charge in [0.1, 0.15) is 12.2 Å². The van der Waals surface area contributed by atoms with E-state index in [-0.39, 0.29) is 0 Å². The smallest absolute Gasteiger partial charge is 0.129 e. The summed E-state index contributed by atoms with van der Waals surface area (Å²) in [5.74, 6) is 0.977. The Balaban J connectivity index is 0.000000461. The molecule has 1 rings (SSSR count). The molecule has 0 unspecified atom stereocenters. The summed E-state index contributed by atoms with van der Waals surface area (Å²) in [4.78, 5) is 0. The third kappa shape index (κ3) is 2.70. The van der Waals surface area contributed by atoms with Gasteiger partial charge < -0.3 is 4.57 Å². The van der Waals surface area contributed by atoms with Gasteiger partial charge in [-0.3, -0.25) is 0 Å². The zero-order valence-corrected chi connectivity index (χ0v) is 8.00. The molecular weight excluding hydrogens is 138 g/mol. The summed E-state index contributed by atoms with van der Waals surface area (Å²) < 4.78 is 2.03. The van der Waals surface area contributed by atoms with E-state index in [0.29, 0.717) is 6.04 Å². The fraction of sp³-hybridized carbons (Fsp3) is 0.750. The Hall–Kier alpha value is -0.860. The first-order chi connectivity index (χ1) is 5.22. The minimum Gasteiger partial charge on any atom is -0.315 e. The number of aromatic nitrogens is 3. The van der Waals surface area contributed by atoms with E-state index in [9.17, 15) is 0 Å². The van der Waals surface area contributed by atoms with Gasteiger partial charge in [0.15, 0.2) is 0 Å². The fourth-order valence-electron chi connectivity index (χ4n) is 0.807. The highest BCUT2D eigenvalue weighted by molar-refractivity contribution is 4.82. The monoisotopic (exact) mass is 155 g/mol. The van der Waals surface area contributed by atoms with Crippen molar-refractivity contribution in [3.8, 4) is 0 Å². The van der Waals surface area contributed by atoms with Gasteiger partial charge in [0.05, 0.1) is 0 Å². The van der Waals surface area contributed by atoms with E-state index < -0.39 is 0 Å². The van der Waals surface area contributed by atoms with E-state index in [0.717, 1.165) is 5.82 Å². The SMILES string of the molecule is CC.Cc1nncn1C(C)C. The van der Waals surface area contributed by atoms with Gasteiger partial charge in [-0.25, -0.2) is 0 Å². The van der Waals surface area contributed by atoms with E-state index >= 15 is 0 Å². The number of aryl methyl sites for hydroxylation is 1. The van der Waals surface area contributed by atoms with Crippen molar-refractivity contribution in [2.75, 3.05) is 0 Å². The maximum Gasteiger partial charge on any atom is 0.129 e. The number of nitrogens with zero attached hydrogens (tertiary/aromatic N) is 3. The molecule has 11 heavy (non-hydrogen) atoms. The molecule has 0 radical (unpaired) electrons. The molecule has 0 aliphatic carbocycles. The van der Waals surface area contributed by atoms with Crippen LogP contribution in [0.5, 0.6) is 0 Å². The van der Waals surface area contributed by atoms with Gasteiger partial charge in [0, 0.05) is 6.04 Å². The molecule has 3 heteroatoms. The molecule has 3 nitrogen and oxygen atoms in total. The number of hydrogen-bond donors (Lipinski definition) is 0. The lowest BCUT2D eigenvalue weighted by atomic mass is 10.4. The standard InChI is InChI=1S/C6H11N3.C2H6/c1-5(2)9-4-7-8-6(9)3;1-2/h4-5H,1-3H3;1-2H3. The van der Waals surface area contributed by atoms with Crippen molar-refractivity contribution >= 4 is 0 Å². The van der Waals surface area contributed by atoms with Crippen LogP contribution in [0.2, 0.25) is 0 Å². The zero-order chi connectivity index (χ0) is 8.85. The van der Waals surface area contributed by atoms with Crippen molar-refractivity contribution in [1.29, 1.82) is 0 Å². The summed E-state index contributed by atoms with van der Waals surface area (Å²) in [6.07, 6.45) is 1.75. The largest absolute Gasteiger partial charge is 0.315 e. The van der Waals surface area contributed by atoms with Crippen LogP contribution in [-0.2, 0) is 0 Å². The minimum atomic E-state index is 0.472. The molecule has 0 spiro atoms. The van der Waals surface area contributed by atoms with Crippen LogP contribution in [-0.4, -0.2) is 14.8 Å². The average Bonchev–Trinajstić information content (AvgIpc) is 2.39. The Morgan fingerprint density at radius 3 is 2.09 bits per heavy atom. The van der Waals surface area contributed by atoms with Gasteiger partial charge >= 0.3 is 0 Å². The molecule has 64 valence electrons. The molecular formula is C8H17N3. The van der Waals surface area contributed by atoms with E-state index in [1.165, 1.54) is 0 Å². The zero-order valence-electron chi connectivity index (χ0n) is 8.00. The normalized spacial score (nSPS) is 9.27. The summed E-state index contributed by atoms with van der Waals surface area (Å²) in [5.41, 5.74) is 0. The van der Waals surface area contributed by atoms with Gasteiger partial charge in [0.25, 0.3) is 0 Å². The van der Waals surface area contributed by atoms with Gasteiger partial charge in [-0.1, -0.05) is 13.8 Å². The highest BCUT2D eigenvalue weighted by Crippen LogP contribution is 2.03. The third-order valence-electron chi connectivity index (χ3n) is 1.31. The molecule has 0 atom stereocenters. The topological polar surface area (TPSA) is 30.7 Å². The average molecular weight is 155 g/mol. The highest BCUT2D eigenvalue weighted by Gasteiger charge is 1.99. The van der Waals surface area contributed by atoms with Gasteiger partial charge in [-0.15, -0.1) is 10.2 Å². The molecule has 0 saturated heterocycles. The molecule has 0 aromatic carbocycles. The summed E-state index contributed by atoms with van der Waals surface area (Å²) in [7, 11) is 0. The summed E-state index contributed by atoms with van der Waals surface area (Å²) in [5, 5.41) is 7.61. The lowest BCUT2D eigenvalue weighted by Crippen LogP contribution is -2.00. The Labute approximate surface area is 68.5 Å². The number of rotatable bonds is 1. The predicted molar refractivity (Wildman–Crippen MR) is 46.5 cm³/mol. The van der Waals surface area contributed by atoms with Crippen molar-refractivity contribution in [3.63, 3.8) is 0 Å². The Morgan fingerprint density at radius 1 is 1.36 bits per heavy atom. The van der Waals surface area contributed by atoms with Crippen molar-refractivity contribution < 1.29 is 0 Å². The molecule has 0 bridgehead atoms.